The Bertz CT molecular complexity index is 788. The van der Waals surface area contributed by atoms with E-state index in [2.05, 4.69) is 9.97 Å². The van der Waals surface area contributed by atoms with E-state index in [-0.39, 0.29) is 11.4 Å². The van der Waals surface area contributed by atoms with Gasteiger partial charge in [-0.15, -0.1) is 0 Å². The minimum Gasteiger partial charge on any atom is -0.306 e. The van der Waals surface area contributed by atoms with Crippen LogP contribution < -0.4 is 5.56 Å². The highest BCUT2D eigenvalue weighted by Crippen LogP contribution is 2.19. The Labute approximate surface area is 102 Å². The van der Waals surface area contributed by atoms with Gasteiger partial charge in [-0.05, 0) is 36.8 Å². The summed E-state index contributed by atoms with van der Waals surface area (Å²) >= 11 is 0. The van der Waals surface area contributed by atoms with Crippen molar-refractivity contribution in [2.24, 2.45) is 0 Å². The van der Waals surface area contributed by atoms with Crippen molar-refractivity contribution in [2.45, 2.75) is 6.92 Å². The van der Waals surface area contributed by atoms with E-state index < -0.39 is 0 Å². The van der Waals surface area contributed by atoms with Gasteiger partial charge < -0.3 is 4.98 Å². The van der Waals surface area contributed by atoms with Crippen LogP contribution >= 0.6 is 0 Å². The van der Waals surface area contributed by atoms with Crippen LogP contribution in [-0.4, -0.2) is 14.5 Å². The van der Waals surface area contributed by atoms with E-state index in [1.54, 1.807) is 23.0 Å². The Balaban J connectivity index is 2.31. The van der Waals surface area contributed by atoms with Crippen molar-refractivity contribution in [1.82, 2.24) is 14.5 Å². The average molecular weight is 243 g/mol. The zero-order chi connectivity index (χ0) is 12.7. The van der Waals surface area contributed by atoms with Crippen LogP contribution in [0.1, 0.15) is 5.56 Å². The Morgan fingerprint density at radius 1 is 1.28 bits per heavy atom. The maximum atomic E-state index is 13.1. The van der Waals surface area contributed by atoms with Crippen molar-refractivity contribution in [2.75, 3.05) is 0 Å². The lowest BCUT2D eigenvalue weighted by atomic mass is 10.2. The summed E-state index contributed by atoms with van der Waals surface area (Å²) in [5.41, 5.74) is 2.68. The molecule has 0 fully saturated rings. The van der Waals surface area contributed by atoms with Crippen molar-refractivity contribution in [1.29, 1.82) is 0 Å². The molecule has 1 aromatic carbocycles. The Hall–Kier alpha value is -2.43. The first kappa shape index (κ1) is 10.7. The number of fused-ring (bicyclic) bond motifs is 1. The second-order valence-electron chi connectivity index (χ2n) is 4.10. The molecule has 0 unspecified atom stereocenters. The van der Waals surface area contributed by atoms with Gasteiger partial charge in [0.05, 0.1) is 5.69 Å². The fourth-order valence-corrected chi connectivity index (χ4v) is 1.99. The van der Waals surface area contributed by atoms with E-state index >= 15 is 0 Å². The molecular formula is C13H10FN3O. The first-order valence-corrected chi connectivity index (χ1v) is 5.48. The number of nitrogens with zero attached hydrogens (tertiary/aromatic N) is 2. The zero-order valence-electron chi connectivity index (χ0n) is 9.64. The molecule has 4 nitrogen and oxygen atoms in total. The number of H-pyrrole nitrogens is 1. The van der Waals surface area contributed by atoms with Crippen LogP contribution in [0, 0.1) is 12.7 Å². The summed E-state index contributed by atoms with van der Waals surface area (Å²) in [4.78, 5) is 18.3. The largest absolute Gasteiger partial charge is 0.306 e. The summed E-state index contributed by atoms with van der Waals surface area (Å²) in [6, 6.07) is 7.58. The molecule has 2 heterocycles. The van der Waals surface area contributed by atoms with Gasteiger partial charge in [-0.2, -0.15) is 0 Å². The molecule has 0 aliphatic carbocycles. The molecule has 0 spiro atoms. The van der Waals surface area contributed by atoms with Crippen molar-refractivity contribution in [3.8, 4) is 5.69 Å². The highest BCUT2D eigenvalue weighted by molar-refractivity contribution is 5.72. The summed E-state index contributed by atoms with van der Waals surface area (Å²) in [5, 5.41) is 0. The summed E-state index contributed by atoms with van der Waals surface area (Å²) in [7, 11) is 0. The molecule has 5 heteroatoms. The lowest BCUT2D eigenvalue weighted by Crippen LogP contribution is -2.05. The molecule has 1 N–H and O–H groups in total. The number of hydrogen-bond donors (Lipinski definition) is 1. The molecule has 0 atom stereocenters. The maximum Gasteiger partial charge on any atom is 0.249 e. The number of nitrogens with one attached hydrogen (secondary N) is 1. The fourth-order valence-electron chi connectivity index (χ4n) is 1.99. The molecule has 0 radical (unpaired) electrons. The van der Waals surface area contributed by atoms with E-state index in [0.717, 1.165) is 11.3 Å². The highest BCUT2D eigenvalue weighted by atomic mass is 19.1. The van der Waals surface area contributed by atoms with Crippen molar-refractivity contribution in [3.63, 3.8) is 0 Å². The molecule has 2 aromatic heterocycles. The molecule has 0 aliphatic heterocycles. The number of benzene rings is 1. The Morgan fingerprint density at radius 2 is 2.11 bits per heavy atom. The third kappa shape index (κ3) is 1.60. The minimum atomic E-state index is -0.283. The van der Waals surface area contributed by atoms with Crippen LogP contribution in [0.15, 0.2) is 41.5 Å². The fraction of sp³-hybridized carbons (Fsp3) is 0.0769. The van der Waals surface area contributed by atoms with Gasteiger partial charge in [-0.25, -0.2) is 9.37 Å². The van der Waals surface area contributed by atoms with E-state index in [0.29, 0.717) is 11.2 Å². The van der Waals surface area contributed by atoms with Crippen molar-refractivity contribution < 1.29 is 4.39 Å². The number of aromatic nitrogens is 3. The highest BCUT2D eigenvalue weighted by Gasteiger charge is 2.08. The number of aromatic amines is 1. The van der Waals surface area contributed by atoms with Crippen LogP contribution in [0.4, 0.5) is 4.39 Å². The minimum absolute atomic E-state index is 0.191. The molecule has 3 aromatic rings. The number of imidazole rings is 1. The normalized spacial score (nSPS) is 11.0. The van der Waals surface area contributed by atoms with Gasteiger partial charge in [0.15, 0.2) is 0 Å². The molecule has 18 heavy (non-hydrogen) atoms. The number of hydrogen-bond acceptors (Lipinski definition) is 2. The van der Waals surface area contributed by atoms with Gasteiger partial charge >= 0.3 is 0 Å². The third-order valence-electron chi connectivity index (χ3n) is 2.85. The average Bonchev–Trinajstić information content (AvgIpc) is 2.72. The molecule has 0 amide bonds. The summed E-state index contributed by atoms with van der Waals surface area (Å²) in [5.74, 6) is -0.283. The second kappa shape index (κ2) is 3.80. The lowest BCUT2D eigenvalue weighted by Gasteiger charge is -2.07. The lowest BCUT2D eigenvalue weighted by molar-refractivity contribution is 0.626. The van der Waals surface area contributed by atoms with Gasteiger partial charge in [0.1, 0.15) is 23.3 Å². The van der Waals surface area contributed by atoms with E-state index in [4.69, 9.17) is 0 Å². The van der Waals surface area contributed by atoms with Crippen molar-refractivity contribution >= 4 is 11.2 Å². The molecule has 3 rings (SSSR count). The first-order valence-electron chi connectivity index (χ1n) is 5.48. The first-order chi connectivity index (χ1) is 8.65. The third-order valence-corrected chi connectivity index (χ3v) is 2.85. The van der Waals surface area contributed by atoms with Crippen LogP contribution in [-0.2, 0) is 0 Å². The molecule has 0 aliphatic rings. The van der Waals surface area contributed by atoms with Gasteiger partial charge in [0.25, 0.3) is 0 Å². The molecule has 0 saturated heterocycles. The smallest absolute Gasteiger partial charge is 0.249 e. The number of halogens is 1. The maximum absolute atomic E-state index is 13.1. The monoisotopic (exact) mass is 243 g/mol. The van der Waals surface area contributed by atoms with Crippen LogP contribution in [0.5, 0.6) is 0 Å². The number of aryl methyl sites for hydroxylation is 1. The Kier molecular flexibility index (Phi) is 2.26. The molecule has 0 bridgehead atoms. The quantitative estimate of drug-likeness (QED) is 0.712. The van der Waals surface area contributed by atoms with Gasteiger partial charge in [-0.3, -0.25) is 9.36 Å². The van der Waals surface area contributed by atoms with E-state index in [1.165, 1.54) is 18.2 Å². The Morgan fingerprint density at radius 3 is 2.89 bits per heavy atom. The summed E-state index contributed by atoms with van der Waals surface area (Å²) in [6.45, 7) is 1.81. The second-order valence-corrected chi connectivity index (χ2v) is 4.10. The van der Waals surface area contributed by atoms with Crippen LogP contribution in [0.25, 0.3) is 16.9 Å². The van der Waals surface area contributed by atoms with Gasteiger partial charge in [0, 0.05) is 6.07 Å². The molecule has 90 valence electrons. The predicted octanol–water partition coefficient (Wildman–Crippen LogP) is 2.16. The van der Waals surface area contributed by atoms with Crippen LogP contribution in [0.3, 0.4) is 0 Å². The number of rotatable bonds is 1. The summed E-state index contributed by atoms with van der Waals surface area (Å²) in [6.07, 6.45) is 1.61. The van der Waals surface area contributed by atoms with Crippen molar-refractivity contribution in [3.05, 3.63) is 58.4 Å². The van der Waals surface area contributed by atoms with E-state index in [1.807, 2.05) is 6.92 Å². The zero-order valence-corrected chi connectivity index (χ0v) is 9.64. The standard InChI is InChI=1S/C13H10FN3O/c1-8-6-9(14)2-4-11(8)17-7-15-10-3-5-12(18)16-13(10)17/h2-7H,1H3,(H,16,18). The number of pyridine rings is 1. The molecular weight excluding hydrogens is 233 g/mol. The SMILES string of the molecule is Cc1cc(F)ccc1-n1cnc2ccc(=O)[nH]c21. The summed E-state index contributed by atoms with van der Waals surface area (Å²) < 4.78 is 14.8. The van der Waals surface area contributed by atoms with E-state index in [9.17, 15) is 9.18 Å². The molecule has 0 saturated carbocycles. The van der Waals surface area contributed by atoms with Crippen LogP contribution in [0.2, 0.25) is 0 Å². The van der Waals surface area contributed by atoms with Gasteiger partial charge in [-0.1, -0.05) is 0 Å². The van der Waals surface area contributed by atoms with Gasteiger partial charge in [0.2, 0.25) is 5.56 Å². The predicted molar refractivity (Wildman–Crippen MR) is 66.4 cm³/mol. The topological polar surface area (TPSA) is 50.7 Å².